The lowest BCUT2D eigenvalue weighted by molar-refractivity contribution is -0.137. The van der Waals surface area contributed by atoms with Gasteiger partial charge in [-0.05, 0) is 37.6 Å². The molecule has 0 aliphatic rings. The van der Waals surface area contributed by atoms with Crippen molar-refractivity contribution in [2.45, 2.75) is 26.2 Å². The highest BCUT2D eigenvalue weighted by molar-refractivity contribution is 7.59. The van der Waals surface area contributed by atoms with E-state index < -0.39 is 19.7 Å². The molecule has 3 aromatic rings. The van der Waals surface area contributed by atoms with E-state index in [-0.39, 0.29) is 6.16 Å². The molecule has 0 aliphatic carbocycles. The van der Waals surface area contributed by atoms with E-state index in [2.05, 4.69) is 4.98 Å². The molecule has 1 aromatic heterocycles. The van der Waals surface area contributed by atoms with Crippen LogP contribution in [0.5, 0.6) is 0 Å². The van der Waals surface area contributed by atoms with Gasteiger partial charge in [-0.15, -0.1) is 11.3 Å². The molecule has 0 atom stereocenters. The highest BCUT2D eigenvalue weighted by Crippen LogP contribution is 2.59. The molecule has 0 radical (unpaired) electrons. The summed E-state index contributed by atoms with van der Waals surface area (Å²) in [4.78, 5) is 14.8. The van der Waals surface area contributed by atoms with Gasteiger partial charge >= 0.3 is 14.1 Å². The van der Waals surface area contributed by atoms with E-state index in [1.165, 1.54) is 17.4 Å². The molecule has 0 saturated carbocycles. The first kappa shape index (κ1) is 21.1. The van der Waals surface area contributed by atoms with E-state index in [1.807, 2.05) is 24.3 Å². The summed E-state index contributed by atoms with van der Waals surface area (Å²) in [6.07, 6.45) is -4.12. The van der Waals surface area contributed by atoms with Crippen LogP contribution in [0.3, 0.4) is 0 Å². The Hall–Kier alpha value is -1.57. The van der Waals surface area contributed by atoms with E-state index in [0.29, 0.717) is 28.4 Å². The Labute approximate surface area is 165 Å². The maximum absolute atomic E-state index is 12.9. The van der Waals surface area contributed by atoms with Crippen LogP contribution < -0.4 is 0 Å². The molecule has 3 rings (SSSR count). The molecule has 9 heteroatoms. The van der Waals surface area contributed by atoms with E-state index in [4.69, 9.17) is 9.05 Å². The molecule has 0 saturated heterocycles. The third-order valence-electron chi connectivity index (χ3n) is 3.96. The average Bonchev–Trinajstić information content (AvgIpc) is 3.05. The van der Waals surface area contributed by atoms with Crippen LogP contribution >= 0.6 is 19.3 Å². The SMILES string of the molecule is CCO[P+](O)(Cc1ccc(-c2nc3cc(C(F)(F)F)ccc3s2)cc1)OCC. The largest absolute Gasteiger partial charge is 0.416 e. The minimum Gasteiger partial charge on any atom is -0.236 e. The summed E-state index contributed by atoms with van der Waals surface area (Å²) in [5.41, 5.74) is 1.27. The van der Waals surface area contributed by atoms with Gasteiger partial charge in [0.15, 0.2) is 6.16 Å². The Balaban J connectivity index is 1.83. The lowest BCUT2D eigenvalue weighted by Crippen LogP contribution is -2.05. The van der Waals surface area contributed by atoms with E-state index in [0.717, 1.165) is 23.3 Å². The normalized spacial score (nSPS) is 12.6. The zero-order chi connectivity index (χ0) is 20.4. The van der Waals surface area contributed by atoms with Gasteiger partial charge in [0.2, 0.25) is 0 Å². The van der Waals surface area contributed by atoms with Crippen molar-refractivity contribution in [2.75, 3.05) is 13.2 Å². The van der Waals surface area contributed by atoms with Gasteiger partial charge in [-0.3, -0.25) is 0 Å². The topological polar surface area (TPSA) is 51.6 Å². The van der Waals surface area contributed by atoms with E-state index in [9.17, 15) is 18.1 Å². The highest BCUT2D eigenvalue weighted by atomic mass is 32.1. The molecule has 0 aliphatic heterocycles. The Morgan fingerprint density at radius 1 is 1.04 bits per heavy atom. The number of benzene rings is 2. The minimum atomic E-state index is -4.39. The predicted octanol–water partition coefficient (Wildman–Crippen LogP) is 6.31. The molecular weight excluding hydrogens is 410 g/mol. The van der Waals surface area contributed by atoms with Crippen molar-refractivity contribution in [1.82, 2.24) is 4.98 Å². The Morgan fingerprint density at radius 2 is 1.68 bits per heavy atom. The van der Waals surface area contributed by atoms with Crippen molar-refractivity contribution in [2.24, 2.45) is 0 Å². The van der Waals surface area contributed by atoms with Crippen LogP contribution in [-0.2, 0) is 21.4 Å². The molecule has 0 amide bonds. The van der Waals surface area contributed by atoms with Gasteiger partial charge in [0.1, 0.15) is 5.01 Å². The van der Waals surface area contributed by atoms with Crippen LogP contribution in [0.25, 0.3) is 20.8 Å². The summed E-state index contributed by atoms with van der Waals surface area (Å²) in [6, 6.07) is 10.9. The van der Waals surface area contributed by atoms with Crippen LogP contribution in [0.1, 0.15) is 25.0 Å². The first-order valence-corrected chi connectivity index (χ1v) is 11.3. The zero-order valence-corrected chi connectivity index (χ0v) is 17.1. The first-order valence-electron chi connectivity index (χ1n) is 8.71. The predicted molar refractivity (Wildman–Crippen MR) is 106 cm³/mol. The zero-order valence-electron chi connectivity index (χ0n) is 15.4. The molecule has 28 heavy (non-hydrogen) atoms. The molecule has 0 unspecified atom stereocenters. The molecule has 0 bridgehead atoms. The molecule has 4 nitrogen and oxygen atoms in total. The number of halogens is 3. The van der Waals surface area contributed by atoms with Crippen molar-refractivity contribution < 1.29 is 27.1 Å². The molecule has 0 spiro atoms. The molecule has 1 N–H and O–H groups in total. The standard InChI is InChI=1S/C19H20F3NO3PS/c1-3-25-27(24,26-4-2)12-13-5-7-14(8-6-13)18-23-16-11-15(19(20,21)22)9-10-17(16)28-18/h5-11,24H,3-4,12H2,1-2H3/q+1. The van der Waals surface area contributed by atoms with Crippen molar-refractivity contribution in [3.8, 4) is 10.6 Å². The number of nitrogens with zero attached hydrogens (tertiary/aromatic N) is 1. The summed E-state index contributed by atoms with van der Waals surface area (Å²) < 4.78 is 50.1. The second-order valence-corrected chi connectivity index (χ2v) is 9.17. The number of rotatable bonds is 7. The van der Waals surface area contributed by atoms with Gasteiger partial charge < -0.3 is 0 Å². The Kier molecular flexibility index (Phi) is 6.37. The van der Waals surface area contributed by atoms with Gasteiger partial charge in [0, 0.05) is 5.56 Å². The number of alkyl halides is 3. The Bertz CT molecular complexity index is 938. The summed E-state index contributed by atoms with van der Waals surface area (Å²) in [6.45, 7) is 4.30. The lowest BCUT2D eigenvalue weighted by Gasteiger charge is -2.15. The summed E-state index contributed by atoms with van der Waals surface area (Å²) >= 11 is 1.33. The molecule has 0 fully saturated rings. The fourth-order valence-electron chi connectivity index (χ4n) is 2.74. The molecule has 1 heterocycles. The second-order valence-electron chi connectivity index (χ2n) is 6.03. The van der Waals surface area contributed by atoms with Crippen LogP contribution in [-0.4, -0.2) is 23.1 Å². The average molecular weight is 430 g/mol. The lowest BCUT2D eigenvalue weighted by atomic mass is 10.1. The number of hydrogen-bond donors (Lipinski definition) is 1. The fraction of sp³-hybridized carbons (Fsp3) is 0.316. The third-order valence-corrected chi connectivity index (χ3v) is 7.13. The summed E-state index contributed by atoms with van der Waals surface area (Å²) in [5, 5.41) is 0.639. The van der Waals surface area contributed by atoms with Crippen LogP contribution in [0.2, 0.25) is 0 Å². The number of thiazole rings is 1. The van der Waals surface area contributed by atoms with Gasteiger partial charge in [-0.1, -0.05) is 24.3 Å². The molecular formula is C19H20F3NO3PS+. The van der Waals surface area contributed by atoms with Crippen molar-refractivity contribution in [3.63, 3.8) is 0 Å². The number of aromatic nitrogens is 1. The Morgan fingerprint density at radius 3 is 2.25 bits per heavy atom. The van der Waals surface area contributed by atoms with E-state index in [1.54, 1.807) is 13.8 Å². The summed E-state index contributed by atoms with van der Waals surface area (Å²) in [5.74, 6) is 0. The first-order chi connectivity index (χ1) is 13.2. The molecule has 150 valence electrons. The van der Waals surface area contributed by atoms with Gasteiger partial charge in [-0.25, -0.2) is 4.98 Å². The maximum Gasteiger partial charge on any atom is 0.416 e. The van der Waals surface area contributed by atoms with Gasteiger partial charge in [-0.2, -0.15) is 27.1 Å². The minimum absolute atomic E-state index is 0.268. The second kappa shape index (κ2) is 8.43. The van der Waals surface area contributed by atoms with Crippen molar-refractivity contribution in [1.29, 1.82) is 0 Å². The van der Waals surface area contributed by atoms with Crippen LogP contribution in [0.15, 0.2) is 42.5 Å². The van der Waals surface area contributed by atoms with Crippen LogP contribution in [0.4, 0.5) is 13.2 Å². The van der Waals surface area contributed by atoms with Gasteiger partial charge in [0.05, 0.1) is 29.0 Å². The quantitative estimate of drug-likeness (QED) is 0.446. The van der Waals surface area contributed by atoms with E-state index >= 15 is 0 Å². The van der Waals surface area contributed by atoms with Crippen molar-refractivity contribution in [3.05, 3.63) is 53.6 Å². The fourth-order valence-corrected chi connectivity index (χ4v) is 5.43. The number of hydrogen-bond acceptors (Lipinski definition) is 5. The van der Waals surface area contributed by atoms with Crippen LogP contribution in [0, 0.1) is 0 Å². The molecule has 2 aromatic carbocycles. The maximum atomic E-state index is 12.9. The van der Waals surface area contributed by atoms with Crippen molar-refractivity contribution >= 4 is 29.5 Å². The monoisotopic (exact) mass is 430 g/mol. The number of fused-ring (bicyclic) bond motifs is 1. The van der Waals surface area contributed by atoms with Gasteiger partial charge in [0.25, 0.3) is 0 Å². The highest BCUT2D eigenvalue weighted by Gasteiger charge is 2.40. The third kappa shape index (κ3) is 4.88. The summed E-state index contributed by atoms with van der Waals surface area (Å²) in [7, 11) is -2.94. The smallest absolute Gasteiger partial charge is 0.236 e.